The van der Waals surface area contributed by atoms with E-state index in [1.54, 1.807) is 7.11 Å². The number of amides is 1. The first-order valence-corrected chi connectivity index (χ1v) is 9.63. The fourth-order valence-corrected chi connectivity index (χ4v) is 2.77. The number of nitrogens with one attached hydrogen (secondary N) is 1. The molecule has 3 rings (SSSR count). The lowest BCUT2D eigenvalue weighted by Gasteiger charge is -2.17. The van der Waals surface area contributed by atoms with Crippen LogP contribution in [-0.2, 0) is 17.8 Å². The molecule has 0 saturated heterocycles. The Bertz CT molecular complexity index is 937. The Kier molecular flexibility index (Phi) is 6.84. The minimum absolute atomic E-state index is 0.129. The van der Waals surface area contributed by atoms with Gasteiger partial charge in [-0.25, -0.2) is 0 Å². The zero-order valence-corrected chi connectivity index (χ0v) is 16.8. The van der Waals surface area contributed by atoms with Gasteiger partial charge in [0.2, 0.25) is 11.7 Å². The molecule has 1 N–H and O–H groups in total. The monoisotopic (exact) mass is 395 g/mol. The number of aromatic nitrogens is 2. The summed E-state index contributed by atoms with van der Waals surface area (Å²) >= 11 is 0. The van der Waals surface area contributed by atoms with Crippen LogP contribution in [0.5, 0.6) is 11.5 Å². The summed E-state index contributed by atoms with van der Waals surface area (Å²) < 4.78 is 16.3. The van der Waals surface area contributed by atoms with Crippen molar-refractivity contribution in [3.8, 4) is 22.9 Å². The van der Waals surface area contributed by atoms with E-state index in [-0.39, 0.29) is 12.5 Å². The second-order valence-corrected chi connectivity index (χ2v) is 6.47. The molecule has 0 saturated carbocycles. The third kappa shape index (κ3) is 5.34. The van der Waals surface area contributed by atoms with Crippen molar-refractivity contribution in [3.63, 3.8) is 0 Å². The molecule has 2 aromatic carbocycles. The SMILES string of the molecule is CCc1ccc(O[C@@H](CC)C(=O)NCc2nc(-c3cccc(OC)c3)no2)cc1. The molecule has 1 atom stereocenters. The summed E-state index contributed by atoms with van der Waals surface area (Å²) in [6, 6.07) is 15.1. The van der Waals surface area contributed by atoms with Gasteiger partial charge in [0.1, 0.15) is 11.5 Å². The van der Waals surface area contributed by atoms with Crippen molar-refractivity contribution >= 4 is 5.91 Å². The highest BCUT2D eigenvalue weighted by Crippen LogP contribution is 2.21. The number of hydrogen-bond acceptors (Lipinski definition) is 6. The molecule has 3 aromatic rings. The van der Waals surface area contributed by atoms with Crippen molar-refractivity contribution in [2.45, 2.75) is 39.3 Å². The second-order valence-electron chi connectivity index (χ2n) is 6.47. The molecule has 0 aliphatic heterocycles. The summed E-state index contributed by atoms with van der Waals surface area (Å²) in [5, 5.41) is 6.76. The molecular weight excluding hydrogens is 370 g/mol. The zero-order chi connectivity index (χ0) is 20.6. The van der Waals surface area contributed by atoms with Gasteiger partial charge in [0, 0.05) is 5.56 Å². The van der Waals surface area contributed by atoms with Crippen molar-refractivity contribution in [2.24, 2.45) is 0 Å². The zero-order valence-electron chi connectivity index (χ0n) is 16.8. The summed E-state index contributed by atoms with van der Waals surface area (Å²) in [5.74, 6) is 1.90. The highest BCUT2D eigenvalue weighted by Gasteiger charge is 2.19. The van der Waals surface area contributed by atoms with Gasteiger partial charge < -0.3 is 19.3 Å². The number of carbonyl (C=O) groups is 1. The molecule has 0 radical (unpaired) electrons. The molecule has 1 aromatic heterocycles. The Hall–Kier alpha value is -3.35. The quantitative estimate of drug-likeness (QED) is 0.593. The Labute approximate surface area is 170 Å². The van der Waals surface area contributed by atoms with Crippen molar-refractivity contribution in [3.05, 3.63) is 60.0 Å². The molecule has 0 fully saturated rings. The van der Waals surface area contributed by atoms with Crippen LogP contribution in [0.1, 0.15) is 31.7 Å². The molecule has 7 heteroatoms. The Balaban J connectivity index is 1.58. The Morgan fingerprint density at radius 3 is 2.62 bits per heavy atom. The number of methoxy groups -OCH3 is 1. The second kappa shape index (κ2) is 9.73. The predicted octanol–water partition coefficient (Wildman–Crippen LogP) is 3.78. The maximum Gasteiger partial charge on any atom is 0.261 e. The van der Waals surface area contributed by atoms with Crippen LogP contribution < -0.4 is 14.8 Å². The van der Waals surface area contributed by atoms with Crippen LogP contribution in [0.3, 0.4) is 0 Å². The van der Waals surface area contributed by atoms with E-state index in [2.05, 4.69) is 22.4 Å². The first-order valence-electron chi connectivity index (χ1n) is 9.63. The van der Waals surface area contributed by atoms with Crippen molar-refractivity contribution in [1.82, 2.24) is 15.5 Å². The Morgan fingerprint density at radius 1 is 1.14 bits per heavy atom. The minimum Gasteiger partial charge on any atom is -0.497 e. The van der Waals surface area contributed by atoms with Crippen LogP contribution in [0.25, 0.3) is 11.4 Å². The van der Waals surface area contributed by atoms with E-state index in [0.717, 1.165) is 12.0 Å². The van der Waals surface area contributed by atoms with Gasteiger partial charge in [0.15, 0.2) is 6.10 Å². The molecule has 0 bridgehead atoms. The average Bonchev–Trinajstić information content (AvgIpc) is 3.25. The van der Waals surface area contributed by atoms with Gasteiger partial charge in [-0.3, -0.25) is 4.79 Å². The van der Waals surface area contributed by atoms with E-state index in [4.69, 9.17) is 14.0 Å². The van der Waals surface area contributed by atoms with Gasteiger partial charge in [0.05, 0.1) is 13.7 Å². The summed E-state index contributed by atoms with van der Waals surface area (Å²) in [4.78, 5) is 16.8. The van der Waals surface area contributed by atoms with Gasteiger partial charge in [-0.2, -0.15) is 4.98 Å². The molecule has 7 nitrogen and oxygen atoms in total. The third-order valence-electron chi connectivity index (χ3n) is 4.48. The van der Waals surface area contributed by atoms with E-state index in [0.29, 0.717) is 29.6 Å². The molecule has 29 heavy (non-hydrogen) atoms. The van der Waals surface area contributed by atoms with Gasteiger partial charge in [-0.15, -0.1) is 0 Å². The summed E-state index contributed by atoms with van der Waals surface area (Å²) in [5.41, 5.74) is 1.99. The maximum absolute atomic E-state index is 12.5. The largest absolute Gasteiger partial charge is 0.497 e. The van der Waals surface area contributed by atoms with Crippen LogP contribution >= 0.6 is 0 Å². The molecule has 0 unspecified atom stereocenters. The van der Waals surface area contributed by atoms with Crippen LogP contribution in [0.4, 0.5) is 0 Å². The van der Waals surface area contributed by atoms with E-state index in [9.17, 15) is 4.79 Å². The highest BCUT2D eigenvalue weighted by molar-refractivity contribution is 5.81. The van der Waals surface area contributed by atoms with Crippen molar-refractivity contribution < 1.29 is 18.8 Å². The topological polar surface area (TPSA) is 86.5 Å². The van der Waals surface area contributed by atoms with E-state index in [1.165, 1.54) is 5.56 Å². The number of aryl methyl sites for hydroxylation is 1. The van der Waals surface area contributed by atoms with E-state index >= 15 is 0 Å². The number of carbonyl (C=O) groups excluding carboxylic acids is 1. The first kappa shape index (κ1) is 20.4. The highest BCUT2D eigenvalue weighted by atomic mass is 16.5. The number of nitrogens with zero attached hydrogens (tertiary/aromatic N) is 2. The fraction of sp³-hybridized carbons (Fsp3) is 0.318. The summed E-state index contributed by atoms with van der Waals surface area (Å²) in [6.07, 6.45) is 0.906. The molecule has 0 aliphatic rings. The fourth-order valence-electron chi connectivity index (χ4n) is 2.77. The smallest absolute Gasteiger partial charge is 0.261 e. The summed E-state index contributed by atoms with van der Waals surface area (Å²) in [6.45, 7) is 4.12. The van der Waals surface area contributed by atoms with Crippen molar-refractivity contribution in [2.75, 3.05) is 7.11 Å². The number of hydrogen-bond donors (Lipinski definition) is 1. The predicted molar refractivity (Wildman–Crippen MR) is 109 cm³/mol. The minimum atomic E-state index is -0.594. The van der Waals surface area contributed by atoms with Gasteiger partial charge in [-0.1, -0.05) is 43.3 Å². The van der Waals surface area contributed by atoms with Gasteiger partial charge in [0.25, 0.3) is 5.91 Å². The number of benzene rings is 2. The Morgan fingerprint density at radius 2 is 1.93 bits per heavy atom. The van der Waals surface area contributed by atoms with E-state index in [1.807, 2.05) is 55.5 Å². The lowest BCUT2D eigenvalue weighted by atomic mass is 10.2. The third-order valence-corrected chi connectivity index (χ3v) is 4.48. The molecule has 1 amide bonds. The van der Waals surface area contributed by atoms with E-state index < -0.39 is 6.10 Å². The average molecular weight is 395 g/mol. The van der Waals surface area contributed by atoms with Crippen molar-refractivity contribution in [1.29, 1.82) is 0 Å². The molecule has 152 valence electrons. The standard InChI is InChI=1S/C22H25N3O4/c1-4-15-9-11-17(12-10-15)28-19(5-2)22(26)23-14-20-24-21(25-29-20)16-7-6-8-18(13-16)27-3/h6-13,19H,4-5,14H2,1-3H3,(H,23,26)/t19-/m0/s1. The summed E-state index contributed by atoms with van der Waals surface area (Å²) in [7, 11) is 1.60. The number of ether oxygens (including phenoxy) is 2. The first-order chi connectivity index (χ1) is 14.1. The maximum atomic E-state index is 12.5. The number of rotatable bonds is 9. The normalized spacial score (nSPS) is 11.7. The molecular formula is C22H25N3O4. The van der Waals surface area contributed by atoms with Gasteiger partial charge in [-0.05, 0) is 42.7 Å². The lowest BCUT2D eigenvalue weighted by molar-refractivity contribution is -0.128. The molecule has 0 aliphatic carbocycles. The molecule has 1 heterocycles. The van der Waals surface area contributed by atoms with Crippen LogP contribution in [0.2, 0.25) is 0 Å². The van der Waals surface area contributed by atoms with Crippen LogP contribution in [0, 0.1) is 0 Å². The van der Waals surface area contributed by atoms with Crippen LogP contribution in [-0.4, -0.2) is 29.3 Å². The van der Waals surface area contributed by atoms with Crippen LogP contribution in [0.15, 0.2) is 53.1 Å². The lowest BCUT2D eigenvalue weighted by Crippen LogP contribution is -2.37. The van der Waals surface area contributed by atoms with Gasteiger partial charge >= 0.3 is 0 Å². The molecule has 0 spiro atoms.